The van der Waals surface area contributed by atoms with E-state index in [1.165, 1.54) is 11.8 Å². The van der Waals surface area contributed by atoms with Gasteiger partial charge in [0.05, 0.1) is 17.4 Å². The van der Waals surface area contributed by atoms with Gasteiger partial charge >= 0.3 is 0 Å². The number of hydrogen-bond donors (Lipinski definition) is 1. The topological polar surface area (TPSA) is 50.5 Å². The zero-order chi connectivity index (χ0) is 20.9. The average Bonchev–Trinajstić information content (AvgIpc) is 2.77. The first-order chi connectivity index (χ1) is 14.7. The van der Waals surface area contributed by atoms with Crippen molar-refractivity contribution in [1.82, 2.24) is 5.32 Å². The number of hydrogen-bond acceptors (Lipinski definition) is 3. The van der Waals surface area contributed by atoms with E-state index >= 15 is 0 Å². The van der Waals surface area contributed by atoms with Crippen molar-refractivity contribution in [2.24, 2.45) is 0 Å². The predicted molar refractivity (Wildman–Crippen MR) is 121 cm³/mol. The Morgan fingerprint density at radius 3 is 2.57 bits per heavy atom. The molecule has 1 atom stereocenters. The van der Waals surface area contributed by atoms with Gasteiger partial charge in [0.2, 0.25) is 11.6 Å². The summed E-state index contributed by atoms with van der Waals surface area (Å²) in [6, 6.07) is 23.5. The Labute approximate surface area is 179 Å². The molecule has 0 saturated heterocycles. The monoisotopic (exact) mass is 412 g/mol. The molecule has 30 heavy (non-hydrogen) atoms. The summed E-state index contributed by atoms with van der Waals surface area (Å²) in [7, 11) is 0. The zero-order valence-electron chi connectivity index (χ0n) is 16.3. The van der Waals surface area contributed by atoms with Crippen LogP contribution in [-0.4, -0.2) is 17.4 Å². The van der Waals surface area contributed by atoms with Gasteiger partial charge in [-0.1, -0.05) is 72.8 Å². The molecule has 4 nitrogen and oxygen atoms in total. The Hall–Kier alpha value is -3.36. The maximum absolute atomic E-state index is 12.4. The number of thioether (sulfide) groups is 1. The number of rotatable bonds is 6. The second kappa shape index (κ2) is 8.98. The molecular weight excluding hydrogens is 392 g/mol. The second-order valence-electron chi connectivity index (χ2n) is 7.19. The number of carbonyl (C=O) groups excluding carboxylic acids is 2. The Kier molecular flexibility index (Phi) is 5.97. The molecule has 148 valence electrons. The molecule has 1 unspecified atom stereocenters. The lowest BCUT2D eigenvalue weighted by Gasteiger charge is -2.25. The third-order valence-electron chi connectivity index (χ3n) is 5.15. The summed E-state index contributed by atoms with van der Waals surface area (Å²) in [6.07, 6.45) is 0.572. The highest BCUT2D eigenvalue weighted by Crippen LogP contribution is 2.39. The lowest BCUT2D eigenvalue weighted by molar-refractivity contribution is -0.121. The number of amides is 1. The Balaban J connectivity index is 1.60. The first-order valence-electron chi connectivity index (χ1n) is 9.73. The maximum Gasteiger partial charge on any atom is 0.223 e. The molecule has 0 fully saturated rings. The number of Topliss-reactive ketones (excluding diaryl/α,β-unsaturated/α-hetero) is 1. The van der Waals surface area contributed by atoms with Crippen molar-refractivity contribution < 1.29 is 9.59 Å². The van der Waals surface area contributed by atoms with Crippen LogP contribution in [0, 0.1) is 6.57 Å². The number of allylic oxidation sites excluding steroid dienone is 1. The highest BCUT2D eigenvalue weighted by molar-refractivity contribution is 8.03. The standard InChI is InChI=1S/C25H20N2O2S/c1-26-24-22(21-13-7-11-18-10-5-6-12-20(18)21)15-23(29)27-25(24)30-16-19(28)14-17-8-3-2-4-9-17/h2-13,22H,14-16H2,(H,27,29). The minimum atomic E-state index is -0.311. The zero-order valence-corrected chi connectivity index (χ0v) is 17.1. The van der Waals surface area contributed by atoms with Crippen LogP contribution in [0.15, 0.2) is 83.5 Å². The van der Waals surface area contributed by atoms with Crippen LogP contribution in [0.25, 0.3) is 15.6 Å². The first-order valence-corrected chi connectivity index (χ1v) is 10.7. The summed E-state index contributed by atoms with van der Waals surface area (Å²) >= 11 is 1.25. The van der Waals surface area contributed by atoms with Gasteiger partial charge in [-0.25, -0.2) is 4.85 Å². The van der Waals surface area contributed by atoms with Gasteiger partial charge in [0.15, 0.2) is 0 Å². The molecule has 1 N–H and O–H groups in total. The van der Waals surface area contributed by atoms with Crippen molar-refractivity contribution in [3.05, 3.63) is 106 Å². The van der Waals surface area contributed by atoms with Crippen LogP contribution >= 0.6 is 11.8 Å². The van der Waals surface area contributed by atoms with Crippen LogP contribution in [0.2, 0.25) is 0 Å². The first kappa shape index (κ1) is 19.9. The van der Waals surface area contributed by atoms with Crippen LogP contribution in [0.4, 0.5) is 0 Å². The fourth-order valence-electron chi connectivity index (χ4n) is 3.76. The number of benzene rings is 3. The van der Waals surface area contributed by atoms with Crippen LogP contribution in [0.1, 0.15) is 23.5 Å². The van der Waals surface area contributed by atoms with Crippen molar-refractivity contribution in [1.29, 1.82) is 0 Å². The minimum Gasteiger partial charge on any atom is -0.330 e. The van der Waals surface area contributed by atoms with E-state index < -0.39 is 0 Å². The van der Waals surface area contributed by atoms with Gasteiger partial charge in [0.25, 0.3) is 0 Å². The van der Waals surface area contributed by atoms with Crippen molar-refractivity contribution >= 4 is 34.2 Å². The lowest BCUT2D eigenvalue weighted by Crippen LogP contribution is -2.31. The second-order valence-corrected chi connectivity index (χ2v) is 8.17. The molecule has 0 saturated carbocycles. The van der Waals surface area contributed by atoms with Gasteiger partial charge in [0, 0.05) is 18.8 Å². The van der Waals surface area contributed by atoms with Gasteiger partial charge in [-0.2, -0.15) is 0 Å². The highest BCUT2D eigenvalue weighted by Gasteiger charge is 2.31. The van der Waals surface area contributed by atoms with E-state index in [2.05, 4.69) is 10.2 Å². The van der Waals surface area contributed by atoms with Gasteiger partial charge in [-0.05, 0) is 21.9 Å². The van der Waals surface area contributed by atoms with E-state index in [1.54, 1.807) is 0 Å². The summed E-state index contributed by atoms with van der Waals surface area (Å²) in [5.74, 6) is -0.164. The molecule has 3 aromatic carbocycles. The Morgan fingerprint density at radius 2 is 1.77 bits per heavy atom. The number of ketones is 1. The quantitative estimate of drug-likeness (QED) is 0.575. The smallest absolute Gasteiger partial charge is 0.223 e. The van der Waals surface area contributed by atoms with E-state index in [1.807, 2.05) is 72.8 Å². The van der Waals surface area contributed by atoms with Crippen LogP contribution < -0.4 is 5.32 Å². The lowest BCUT2D eigenvalue weighted by atomic mass is 9.87. The van der Waals surface area contributed by atoms with Gasteiger partial charge in [0.1, 0.15) is 5.78 Å². The summed E-state index contributed by atoms with van der Waals surface area (Å²) in [6.45, 7) is 7.76. The van der Waals surface area contributed by atoms with Gasteiger partial charge < -0.3 is 5.32 Å². The Bertz CT molecular complexity index is 1170. The Morgan fingerprint density at radius 1 is 1.03 bits per heavy atom. The third kappa shape index (κ3) is 4.29. The summed E-state index contributed by atoms with van der Waals surface area (Å²) in [4.78, 5) is 28.6. The minimum absolute atomic E-state index is 0.0598. The number of nitrogens with zero attached hydrogens (tertiary/aromatic N) is 1. The van der Waals surface area contributed by atoms with Crippen LogP contribution in [0.5, 0.6) is 0 Å². The molecule has 1 heterocycles. The molecule has 0 spiro atoms. The molecule has 0 radical (unpaired) electrons. The third-order valence-corrected chi connectivity index (χ3v) is 6.21. The average molecular weight is 413 g/mol. The maximum atomic E-state index is 12.4. The predicted octanol–water partition coefficient (Wildman–Crippen LogP) is 5.08. The molecule has 1 amide bonds. The molecule has 0 aliphatic carbocycles. The molecule has 0 bridgehead atoms. The van der Waals surface area contributed by atoms with Gasteiger partial charge in [-0.3, -0.25) is 9.59 Å². The van der Waals surface area contributed by atoms with E-state index in [0.29, 0.717) is 17.1 Å². The van der Waals surface area contributed by atoms with E-state index in [4.69, 9.17) is 6.57 Å². The number of fused-ring (bicyclic) bond motifs is 1. The number of nitrogens with one attached hydrogen (secondary N) is 1. The molecule has 4 rings (SSSR count). The number of carbonyl (C=O) groups is 2. The SMILES string of the molecule is [C-]#[N+]C1=C(SCC(=O)Cc2ccccc2)NC(=O)CC1c1cccc2ccccc12. The van der Waals surface area contributed by atoms with Crippen molar-refractivity contribution in [3.8, 4) is 0 Å². The largest absolute Gasteiger partial charge is 0.330 e. The summed E-state index contributed by atoms with van der Waals surface area (Å²) < 4.78 is 0. The molecule has 5 heteroatoms. The van der Waals surface area contributed by atoms with Crippen molar-refractivity contribution in [3.63, 3.8) is 0 Å². The van der Waals surface area contributed by atoms with E-state index in [0.717, 1.165) is 21.9 Å². The van der Waals surface area contributed by atoms with Crippen LogP contribution in [0.3, 0.4) is 0 Å². The molecule has 1 aliphatic rings. The normalized spacial score (nSPS) is 16.2. The van der Waals surface area contributed by atoms with Crippen molar-refractivity contribution in [2.45, 2.75) is 18.8 Å². The summed E-state index contributed by atoms with van der Waals surface area (Å²) in [5.41, 5.74) is 2.44. The molecular formula is C25H20N2O2S. The fraction of sp³-hybridized carbons (Fsp3) is 0.160. The van der Waals surface area contributed by atoms with E-state index in [-0.39, 0.29) is 29.8 Å². The highest BCUT2D eigenvalue weighted by atomic mass is 32.2. The summed E-state index contributed by atoms with van der Waals surface area (Å²) in [5, 5.41) is 5.45. The molecule has 0 aromatic heterocycles. The molecule has 1 aliphatic heterocycles. The van der Waals surface area contributed by atoms with Crippen molar-refractivity contribution in [2.75, 3.05) is 5.75 Å². The van der Waals surface area contributed by atoms with E-state index in [9.17, 15) is 9.59 Å². The fourth-order valence-corrected chi connectivity index (χ4v) is 4.69. The molecule has 3 aromatic rings. The van der Waals surface area contributed by atoms with Crippen LogP contribution in [-0.2, 0) is 16.0 Å². The van der Waals surface area contributed by atoms with Gasteiger partial charge in [-0.15, -0.1) is 11.8 Å².